The number of ether oxygens (including phenoxy) is 1. The molecule has 2 N–H and O–H groups in total. The molecule has 0 aliphatic heterocycles. The number of carbonyl (C=O) groups is 2. The molecule has 20 heavy (non-hydrogen) atoms. The van der Waals surface area contributed by atoms with Crippen LogP contribution in [-0.2, 0) is 16.0 Å². The van der Waals surface area contributed by atoms with E-state index in [0.29, 0.717) is 10.4 Å². The maximum atomic E-state index is 11.7. The van der Waals surface area contributed by atoms with Gasteiger partial charge in [-0.2, -0.15) is 0 Å². The average Bonchev–Trinajstić information content (AvgIpc) is 2.59. The Morgan fingerprint density at radius 1 is 1.45 bits per heavy atom. The number of carbonyl (C=O) groups excluding carboxylic acids is 1. The van der Waals surface area contributed by atoms with Crippen molar-refractivity contribution in [2.75, 3.05) is 0 Å². The van der Waals surface area contributed by atoms with Crippen LogP contribution in [0.4, 0.5) is 4.79 Å². The summed E-state index contributed by atoms with van der Waals surface area (Å²) in [5, 5.41) is 11.4. The standard InChI is InChI=1S/C13H18BrNO5/c1-13(2,3)20-12(18)15-8(7-11(16)17)6-9-4-5-10(14)19-9/h4-5,8H,6-7H2,1-3H3,(H,15,18)(H,16,17). The molecule has 0 saturated heterocycles. The number of amides is 1. The number of halogens is 1. The number of carboxylic acid groups (broad SMARTS) is 1. The topological polar surface area (TPSA) is 88.8 Å². The van der Waals surface area contributed by atoms with Gasteiger partial charge in [0.25, 0.3) is 0 Å². The third-order valence-electron chi connectivity index (χ3n) is 2.22. The second-order valence-electron chi connectivity index (χ2n) is 5.35. The van der Waals surface area contributed by atoms with Gasteiger partial charge in [-0.05, 0) is 48.8 Å². The molecule has 0 fully saturated rings. The Labute approximate surface area is 125 Å². The van der Waals surface area contributed by atoms with E-state index in [0.717, 1.165) is 0 Å². The van der Waals surface area contributed by atoms with Gasteiger partial charge in [-0.15, -0.1) is 0 Å². The van der Waals surface area contributed by atoms with Gasteiger partial charge < -0.3 is 19.6 Å². The van der Waals surface area contributed by atoms with Crippen LogP contribution in [0.15, 0.2) is 21.2 Å². The Morgan fingerprint density at radius 3 is 2.55 bits per heavy atom. The third kappa shape index (κ3) is 6.60. The van der Waals surface area contributed by atoms with Crippen LogP contribution in [0, 0.1) is 0 Å². The molecule has 1 aromatic rings. The van der Waals surface area contributed by atoms with E-state index in [4.69, 9.17) is 14.3 Å². The highest BCUT2D eigenvalue weighted by atomic mass is 79.9. The molecule has 0 aliphatic rings. The lowest BCUT2D eigenvalue weighted by Gasteiger charge is -2.22. The van der Waals surface area contributed by atoms with E-state index in [9.17, 15) is 9.59 Å². The van der Waals surface area contributed by atoms with Crippen molar-refractivity contribution >= 4 is 28.0 Å². The van der Waals surface area contributed by atoms with E-state index >= 15 is 0 Å². The lowest BCUT2D eigenvalue weighted by molar-refractivity contribution is -0.137. The van der Waals surface area contributed by atoms with Crippen molar-refractivity contribution in [3.63, 3.8) is 0 Å². The summed E-state index contributed by atoms with van der Waals surface area (Å²) in [5.41, 5.74) is -0.633. The minimum atomic E-state index is -1.00. The number of hydrogen-bond donors (Lipinski definition) is 2. The Balaban J connectivity index is 2.64. The smallest absolute Gasteiger partial charge is 0.407 e. The van der Waals surface area contributed by atoms with Crippen molar-refractivity contribution in [1.29, 1.82) is 0 Å². The molecule has 1 heterocycles. The van der Waals surface area contributed by atoms with Crippen molar-refractivity contribution in [3.05, 3.63) is 22.6 Å². The lowest BCUT2D eigenvalue weighted by atomic mass is 10.1. The molecule has 0 saturated carbocycles. The van der Waals surface area contributed by atoms with Crippen molar-refractivity contribution in [1.82, 2.24) is 5.32 Å². The van der Waals surface area contributed by atoms with Crippen molar-refractivity contribution in [3.8, 4) is 0 Å². The maximum absolute atomic E-state index is 11.7. The van der Waals surface area contributed by atoms with Crippen LogP contribution in [0.1, 0.15) is 33.0 Å². The molecule has 6 nitrogen and oxygen atoms in total. The molecule has 0 spiro atoms. The van der Waals surface area contributed by atoms with Gasteiger partial charge in [0.1, 0.15) is 11.4 Å². The normalized spacial score (nSPS) is 12.8. The van der Waals surface area contributed by atoms with E-state index < -0.39 is 23.7 Å². The minimum Gasteiger partial charge on any atom is -0.481 e. The summed E-state index contributed by atoms with van der Waals surface area (Å²) in [6.45, 7) is 5.22. The predicted molar refractivity (Wildman–Crippen MR) is 75.5 cm³/mol. The molecule has 1 rings (SSSR count). The van der Waals surface area contributed by atoms with Gasteiger partial charge in [0, 0.05) is 12.5 Å². The highest BCUT2D eigenvalue weighted by Crippen LogP contribution is 2.16. The summed E-state index contributed by atoms with van der Waals surface area (Å²) in [6.07, 6.45) is -0.580. The van der Waals surface area contributed by atoms with Gasteiger partial charge in [0.05, 0.1) is 6.42 Å². The molecule has 1 aromatic heterocycles. The Morgan fingerprint density at radius 2 is 2.10 bits per heavy atom. The van der Waals surface area contributed by atoms with Crippen LogP contribution >= 0.6 is 15.9 Å². The quantitative estimate of drug-likeness (QED) is 0.854. The fourth-order valence-corrected chi connectivity index (χ4v) is 1.90. The maximum Gasteiger partial charge on any atom is 0.407 e. The Hall–Kier alpha value is -1.50. The zero-order valence-corrected chi connectivity index (χ0v) is 13.2. The van der Waals surface area contributed by atoms with Crippen LogP contribution in [0.2, 0.25) is 0 Å². The van der Waals surface area contributed by atoms with Crippen LogP contribution in [0.5, 0.6) is 0 Å². The van der Waals surface area contributed by atoms with Crippen molar-refractivity contribution in [2.45, 2.75) is 45.3 Å². The van der Waals surface area contributed by atoms with Crippen molar-refractivity contribution < 1.29 is 23.8 Å². The molecule has 0 bridgehead atoms. The molecule has 7 heteroatoms. The summed E-state index contributed by atoms with van der Waals surface area (Å²) in [7, 11) is 0. The zero-order valence-electron chi connectivity index (χ0n) is 11.6. The molecule has 0 radical (unpaired) electrons. The second kappa shape index (κ2) is 6.78. The summed E-state index contributed by atoms with van der Waals surface area (Å²) >= 11 is 3.17. The number of carboxylic acids is 1. The first kappa shape index (κ1) is 16.6. The molecule has 1 amide bonds. The summed E-state index contributed by atoms with van der Waals surface area (Å²) in [5.74, 6) is -0.420. The second-order valence-corrected chi connectivity index (χ2v) is 6.13. The Kier molecular flexibility index (Phi) is 5.62. The first-order valence-electron chi connectivity index (χ1n) is 6.11. The first-order valence-corrected chi connectivity index (χ1v) is 6.90. The van der Waals surface area contributed by atoms with Gasteiger partial charge in [-0.25, -0.2) is 4.79 Å². The fourth-order valence-electron chi connectivity index (χ4n) is 1.56. The number of hydrogen-bond acceptors (Lipinski definition) is 4. The van der Waals surface area contributed by atoms with Gasteiger partial charge >= 0.3 is 12.1 Å². The zero-order chi connectivity index (χ0) is 15.3. The average molecular weight is 348 g/mol. The van der Waals surface area contributed by atoms with Crippen LogP contribution in [-0.4, -0.2) is 28.8 Å². The highest BCUT2D eigenvalue weighted by Gasteiger charge is 2.22. The van der Waals surface area contributed by atoms with E-state index in [1.165, 1.54) is 0 Å². The number of nitrogens with one attached hydrogen (secondary N) is 1. The van der Waals surface area contributed by atoms with Gasteiger partial charge in [-0.3, -0.25) is 4.79 Å². The van der Waals surface area contributed by atoms with E-state index in [2.05, 4.69) is 21.2 Å². The van der Waals surface area contributed by atoms with E-state index in [-0.39, 0.29) is 12.8 Å². The van der Waals surface area contributed by atoms with Gasteiger partial charge in [0.15, 0.2) is 4.67 Å². The highest BCUT2D eigenvalue weighted by molar-refractivity contribution is 9.10. The van der Waals surface area contributed by atoms with Crippen LogP contribution in [0.3, 0.4) is 0 Å². The Bertz CT molecular complexity index is 477. The van der Waals surface area contributed by atoms with Gasteiger partial charge in [0.2, 0.25) is 0 Å². The van der Waals surface area contributed by atoms with E-state index in [1.807, 2.05) is 0 Å². The molecule has 1 atom stereocenters. The molecule has 0 aromatic carbocycles. The summed E-state index contributed by atoms with van der Waals surface area (Å²) in [6, 6.07) is 2.83. The van der Waals surface area contributed by atoms with Gasteiger partial charge in [-0.1, -0.05) is 0 Å². The van der Waals surface area contributed by atoms with E-state index in [1.54, 1.807) is 32.9 Å². The third-order valence-corrected chi connectivity index (χ3v) is 2.64. The first-order chi connectivity index (χ1) is 9.15. The van der Waals surface area contributed by atoms with Crippen LogP contribution < -0.4 is 5.32 Å². The molecule has 0 aliphatic carbocycles. The molecule has 1 unspecified atom stereocenters. The number of aliphatic carboxylic acids is 1. The minimum absolute atomic E-state index is 0.211. The summed E-state index contributed by atoms with van der Waals surface area (Å²) < 4.78 is 11.0. The number of rotatable bonds is 5. The SMILES string of the molecule is CC(C)(C)OC(=O)NC(CC(=O)O)Cc1ccc(Br)o1. The van der Waals surface area contributed by atoms with Crippen LogP contribution in [0.25, 0.3) is 0 Å². The number of alkyl carbamates (subject to hydrolysis) is 1. The molecule has 112 valence electrons. The monoisotopic (exact) mass is 347 g/mol. The summed E-state index contributed by atoms with van der Waals surface area (Å²) in [4.78, 5) is 22.5. The molecular formula is C13H18BrNO5. The largest absolute Gasteiger partial charge is 0.481 e. The fraction of sp³-hybridized carbons (Fsp3) is 0.538. The lowest BCUT2D eigenvalue weighted by Crippen LogP contribution is -2.41. The van der Waals surface area contributed by atoms with Crippen molar-refractivity contribution in [2.24, 2.45) is 0 Å². The molecular weight excluding hydrogens is 330 g/mol. The predicted octanol–water partition coefficient (Wildman–Crippen LogP) is 2.95. The number of furan rings is 1.